The van der Waals surface area contributed by atoms with Gasteiger partial charge in [-0.1, -0.05) is 30.3 Å². The van der Waals surface area contributed by atoms with Crippen molar-refractivity contribution >= 4 is 12.0 Å². The van der Waals surface area contributed by atoms with Crippen LogP contribution in [0.2, 0.25) is 0 Å². The van der Waals surface area contributed by atoms with Crippen LogP contribution in [0, 0.1) is 5.92 Å². The molecule has 0 aliphatic carbocycles. The fourth-order valence-electron chi connectivity index (χ4n) is 3.42. The average molecular weight is 375 g/mol. The molecule has 0 saturated carbocycles. The molecule has 1 fully saturated rings. The Balaban J connectivity index is 1.95. The van der Waals surface area contributed by atoms with Crippen molar-refractivity contribution < 1.29 is 14.3 Å². The summed E-state index contributed by atoms with van der Waals surface area (Å²) in [5.74, 6) is 0.452. The van der Waals surface area contributed by atoms with E-state index in [1.54, 1.807) is 4.90 Å². The lowest BCUT2D eigenvalue weighted by Crippen LogP contribution is -2.48. The molecule has 5 heteroatoms. The van der Waals surface area contributed by atoms with E-state index in [1.807, 2.05) is 69.9 Å². The van der Waals surface area contributed by atoms with E-state index in [9.17, 15) is 9.59 Å². The van der Waals surface area contributed by atoms with E-state index in [1.165, 1.54) is 0 Å². The Morgan fingerprint density at radius 3 is 2.48 bits per heavy atom. The fraction of sp³-hybridized carbons (Fsp3) is 0.636. The molecule has 1 aliphatic heterocycles. The average Bonchev–Trinajstić information content (AvgIpc) is 2.59. The normalized spacial score (nSPS) is 17.7. The van der Waals surface area contributed by atoms with Gasteiger partial charge >= 0.3 is 6.09 Å². The van der Waals surface area contributed by atoms with Gasteiger partial charge in [0.2, 0.25) is 5.91 Å². The zero-order valence-corrected chi connectivity index (χ0v) is 17.4. The van der Waals surface area contributed by atoms with Crippen molar-refractivity contribution in [1.29, 1.82) is 0 Å². The summed E-state index contributed by atoms with van der Waals surface area (Å²) in [4.78, 5) is 29.0. The molecule has 0 spiro atoms. The minimum absolute atomic E-state index is 0.0650. The highest BCUT2D eigenvalue weighted by Gasteiger charge is 2.30. The Morgan fingerprint density at radius 1 is 1.22 bits per heavy atom. The van der Waals surface area contributed by atoms with E-state index in [-0.39, 0.29) is 24.0 Å². The Labute approximate surface area is 163 Å². The van der Waals surface area contributed by atoms with Gasteiger partial charge in [0.05, 0.1) is 6.42 Å². The van der Waals surface area contributed by atoms with Gasteiger partial charge in [-0.25, -0.2) is 4.79 Å². The highest BCUT2D eigenvalue weighted by molar-refractivity contribution is 5.78. The number of carbonyl (C=O) groups excluding carboxylic acids is 2. The van der Waals surface area contributed by atoms with Crippen LogP contribution in [0.15, 0.2) is 30.3 Å². The van der Waals surface area contributed by atoms with Crippen LogP contribution in [0.3, 0.4) is 0 Å². The third kappa shape index (κ3) is 6.89. The van der Waals surface area contributed by atoms with Crippen LogP contribution in [-0.4, -0.2) is 53.1 Å². The molecule has 0 N–H and O–H groups in total. The summed E-state index contributed by atoms with van der Waals surface area (Å²) >= 11 is 0. The highest BCUT2D eigenvalue weighted by Crippen LogP contribution is 2.21. The van der Waals surface area contributed by atoms with Crippen molar-refractivity contribution in [1.82, 2.24) is 9.80 Å². The van der Waals surface area contributed by atoms with Gasteiger partial charge in [0, 0.05) is 25.7 Å². The Kier molecular flexibility index (Phi) is 7.28. The summed E-state index contributed by atoms with van der Waals surface area (Å²) in [6.45, 7) is 11.8. The molecule has 1 heterocycles. The maximum absolute atomic E-state index is 12.7. The van der Waals surface area contributed by atoms with Gasteiger partial charge < -0.3 is 14.5 Å². The van der Waals surface area contributed by atoms with E-state index in [2.05, 4.69) is 0 Å². The number of hydrogen-bond donors (Lipinski definition) is 0. The number of nitrogens with zero attached hydrogens (tertiary/aromatic N) is 2. The number of amides is 2. The van der Waals surface area contributed by atoms with E-state index in [0.29, 0.717) is 19.5 Å². The molecule has 2 rings (SSSR count). The van der Waals surface area contributed by atoms with Crippen LogP contribution in [-0.2, 0) is 16.0 Å². The fourth-order valence-corrected chi connectivity index (χ4v) is 3.42. The van der Waals surface area contributed by atoms with Crippen LogP contribution in [0.5, 0.6) is 0 Å². The van der Waals surface area contributed by atoms with Crippen molar-refractivity contribution in [3.05, 3.63) is 35.9 Å². The molecule has 1 aliphatic rings. The zero-order valence-electron chi connectivity index (χ0n) is 17.4. The number of benzene rings is 1. The summed E-state index contributed by atoms with van der Waals surface area (Å²) in [5.41, 5.74) is 0.538. The number of carbonyl (C=O) groups is 2. The molecular weight excluding hydrogens is 340 g/mol. The summed E-state index contributed by atoms with van der Waals surface area (Å²) < 4.78 is 5.56. The van der Waals surface area contributed by atoms with Crippen LogP contribution < -0.4 is 0 Å². The van der Waals surface area contributed by atoms with Gasteiger partial charge in [-0.05, 0) is 58.9 Å². The number of ether oxygens (including phenoxy) is 1. The van der Waals surface area contributed by atoms with Crippen molar-refractivity contribution in [3.63, 3.8) is 0 Å². The number of piperidine rings is 1. The second kappa shape index (κ2) is 9.25. The van der Waals surface area contributed by atoms with E-state index in [0.717, 1.165) is 24.9 Å². The molecule has 2 amide bonds. The molecule has 150 valence electrons. The maximum Gasteiger partial charge on any atom is 0.410 e. The third-order valence-corrected chi connectivity index (χ3v) is 4.78. The van der Waals surface area contributed by atoms with Crippen molar-refractivity contribution in [3.8, 4) is 0 Å². The molecule has 27 heavy (non-hydrogen) atoms. The quantitative estimate of drug-likeness (QED) is 0.779. The number of rotatable bonds is 5. The van der Waals surface area contributed by atoms with Crippen LogP contribution in [0.1, 0.15) is 53.0 Å². The first kappa shape index (κ1) is 21.3. The number of likely N-dealkylation sites (tertiary alicyclic amines) is 1. The minimum atomic E-state index is -0.505. The first-order valence-electron chi connectivity index (χ1n) is 9.97. The highest BCUT2D eigenvalue weighted by atomic mass is 16.6. The lowest BCUT2D eigenvalue weighted by Gasteiger charge is -2.37. The van der Waals surface area contributed by atoms with E-state index >= 15 is 0 Å². The summed E-state index contributed by atoms with van der Waals surface area (Å²) in [5, 5.41) is 0. The van der Waals surface area contributed by atoms with Crippen molar-refractivity contribution in [2.24, 2.45) is 5.92 Å². The Hall–Kier alpha value is -2.04. The van der Waals surface area contributed by atoms with E-state index in [4.69, 9.17) is 4.74 Å². The minimum Gasteiger partial charge on any atom is -0.444 e. The largest absolute Gasteiger partial charge is 0.444 e. The third-order valence-electron chi connectivity index (χ3n) is 4.78. The second-order valence-corrected chi connectivity index (χ2v) is 8.74. The second-order valence-electron chi connectivity index (χ2n) is 8.74. The number of hydrogen-bond acceptors (Lipinski definition) is 3. The van der Waals surface area contributed by atoms with E-state index < -0.39 is 5.60 Å². The van der Waals surface area contributed by atoms with Crippen LogP contribution in [0.25, 0.3) is 0 Å². The Morgan fingerprint density at radius 2 is 1.89 bits per heavy atom. The molecule has 1 aromatic carbocycles. The molecule has 5 nitrogen and oxygen atoms in total. The van der Waals surface area contributed by atoms with Crippen LogP contribution >= 0.6 is 0 Å². The predicted octanol–water partition coefficient (Wildman–Crippen LogP) is 4.11. The van der Waals surface area contributed by atoms with Gasteiger partial charge in [0.1, 0.15) is 5.60 Å². The molecule has 1 unspecified atom stereocenters. The van der Waals surface area contributed by atoms with Gasteiger partial charge in [0.15, 0.2) is 0 Å². The SMILES string of the molecule is CC(C)N(CC1CCCN(C(=O)Cc2ccccc2)C1)C(=O)OC(C)(C)C. The summed E-state index contributed by atoms with van der Waals surface area (Å²) in [7, 11) is 0. The smallest absolute Gasteiger partial charge is 0.410 e. The first-order chi connectivity index (χ1) is 12.7. The van der Waals surface area contributed by atoms with Crippen molar-refractivity contribution in [2.75, 3.05) is 19.6 Å². The first-order valence-corrected chi connectivity index (χ1v) is 9.97. The summed E-state index contributed by atoms with van der Waals surface area (Å²) in [6.07, 6.45) is 2.17. The maximum atomic E-state index is 12.7. The topological polar surface area (TPSA) is 49.9 Å². The molecule has 1 atom stereocenters. The van der Waals surface area contributed by atoms with Gasteiger partial charge in [-0.3, -0.25) is 4.79 Å². The Bertz CT molecular complexity index is 622. The lowest BCUT2D eigenvalue weighted by molar-refractivity contribution is -0.132. The lowest BCUT2D eigenvalue weighted by atomic mass is 9.96. The molecule has 1 aromatic rings. The van der Waals surface area contributed by atoms with Gasteiger partial charge in [-0.15, -0.1) is 0 Å². The molecule has 0 bridgehead atoms. The van der Waals surface area contributed by atoms with Gasteiger partial charge in [-0.2, -0.15) is 0 Å². The summed E-state index contributed by atoms with van der Waals surface area (Å²) in [6, 6.07) is 9.92. The van der Waals surface area contributed by atoms with Gasteiger partial charge in [0.25, 0.3) is 0 Å². The standard InChI is InChI=1S/C22H34N2O3/c1-17(2)24(21(26)27-22(3,4)5)16-19-12-9-13-23(15-19)20(25)14-18-10-7-6-8-11-18/h6-8,10-11,17,19H,9,12-16H2,1-5H3. The monoisotopic (exact) mass is 374 g/mol. The molecule has 1 saturated heterocycles. The molecule has 0 radical (unpaired) electrons. The van der Waals surface area contributed by atoms with Crippen molar-refractivity contribution in [2.45, 2.75) is 65.5 Å². The van der Waals surface area contributed by atoms with Crippen LogP contribution in [0.4, 0.5) is 4.79 Å². The predicted molar refractivity (Wildman–Crippen MR) is 108 cm³/mol. The molecule has 0 aromatic heterocycles. The molecular formula is C22H34N2O3. The zero-order chi connectivity index (χ0) is 20.0.